The molecule has 1 aliphatic heterocycles. The Kier molecular flexibility index (Phi) is 4.62. The summed E-state index contributed by atoms with van der Waals surface area (Å²) in [5.74, 6) is -0.262. The molecular weight excluding hydrogens is 310 g/mol. The number of thioether (sulfide) groups is 1. The van der Waals surface area contributed by atoms with Crippen molar-refractivity contribution in [2.75, 3.05) is 5.75 Å². The molecule has 0 radical (unpaired) electrons. The molecule has 0 fully saturated rings. The summed E-state index contributed by atoms with van der Waals surface area (Å²) in [6.07, 6.45) is 3.86. The van der Waals surface area contributed by atoms with Crippen molar-refractivity contribution in [3.8, 4) is 0 Å². The summed E-state index contributed by atoms with van der Waals surface area (Å²) >= 11 is 1.43. The lowest BCUT2D eigenvalue weighted by atomic mass is 9.93. The van der Waals surface area contributed by atoms with Gasteiger partial charge in [-0.25, -0.2) is 0 Å². The van der Waals surface area contributed by atoms with Gasteiger partial charge in [-0.2, -0.15) is 0 Å². The van der Waals surface area contributed by atoms with E-state index in [1.54, 1.807) is 17.3 Å². The fourth-order valence-corrected chi connectivity index (χ4v) is 3.47. The van der Waals surface area contributed by atoms with Crippen molar-refractivity contribution >= 4 is 23.6 Å². The number of rotatable bonds is 4. The molecule has 1 aromatic carbocycles. The topological polar surface area (TPSA) is 76.3 Å². The van der Waals surface area contributed by atoms with Crippen molar-refractivity contribution in [1.82, 2.24) is 9.88 Å². The van der Waals surface area contributed by atoms with E-state index in [9.17, 15) is 9.59 Å². The van der Waals surface area contributed by atoms with Gasteiger partial charge >= 0.3 is 0 Å². The quantitative estimate of drug-likeness (QED) is 0.866. The number of hydrogen-bond donors (Lipinski definition) is 1. The van der Waals surface area contributed by atoms with Crippen LogP contribution < -0.4 is 5.73 Å². The first-order chi connectivity index (χ1) is 11.1. The second-order valence-corrected chi connectivity index (χ2v) is 6.43. The SMILES string of the molecule is NC(=O)C1Cc2ccccc2CN1C(=O)CSc1ccncc1. The van der Waals surface area contributed by atoms with E-state index in [0.717, 1.165) is 16.0 Å². The minimum atomic E-state index is -0.574. The van der Waals surface area contributed by atoms with Gasteiger partial charge in [0.1, 0.15) is 6.04 Å². The maximum atomic E-state index is 12.6. The minimum absolute atomic E-state index is 0.0786. The molecule has 0 bridgehead atoms. The molecule has 2 amide bonds. The Hall–Kier alpha value is -2.34. The molecule has 2 aromatic rings. The van der Waals surface area contributed by atoms with Crippen molar-refractivity contribution in [3.05, 3.63) is 59.9 Å². The van der Waals surface area contributed by atoms with E-state index < -0.39 is 11.9 Å². The van der Waals surface area contributed by atoms with Gasteiger partial charge in [0.05, 0.1) is 5.75 Å². The molecular formula is C17H17N3O2S. The van der Waals surface area contributed by atoms with Crippen LogP contribution in [0, 0.1) is 0 Å². The maximum absolute atomic E-state index is 12.6. The summed E-state index contributed by atoms with van der Waals surface area (Å²) in [6, 6.07) is 11.0. The largest absolute Gasteiger partial charge is 0.368 e. The zero-order valence-corrected chi connectivity index (χ0v) is 13.3. The smallest absolute Gasteiger partial charge is 0.240 e. The number of primary amides is 1. The lowest BCUT2D eigenvalue weighted by molar-refractivity contribution is -0.138. The number of amides is 2. The van der Waals surface area contributed by atoms with E-state index in [1.807, 2.05) is 36.4 Å². The highest BCUT2D eigenvalue weighted by Crippen LogP contribution is 2.25. The molecule has 0 aliphatic carbocycles. The summed E-state index contributed by atoms with van der Waals surface area (Å²) < 4.78 is 0. The summed E-state index contributed by atoms with van der Waals surface area (Å²) in [5.41, 5.74) is 7.67. The summed E-state index contributed by atoms with van der Waals surface area (Å²) in [7, 11) is 0. The van der Waals surface area contributed by atoms with Gasteiger partial charge in [-0.1, -0.05) is 24.3 Å². The fourth-order valence-electron chi connectivity index (χ4n) is 2.70. The number of carbonyl (C=O) groups excluding carboxylic acids is 2. The molecule has 0 spiro atoms. The van der Waals surface area contributed by atoms with Crippen LogP contribution >= 0.6 is 11.8 Å². The second-order valence-electron chi connectivity index (χ2n) is 5.38. The molecule has 0 saturated heterocycles. The first-order valence-corrected chi connectivity index (χ1v) is 8.32. The van der Waals surface area contributed by atoms with Crippen LogP contribution in [-0.4, -0.2) is 33.5 Å². The van der Waals surface area contributed by atoms with Gasteiger partial charge in [0.2, 0.25) is 11.8 Å². The van der Waals surface area contributed by atoms with Crippen LogP contribution in [0.3, 0.4) is 0 Å². The Morgan fingerprint density at radius 1 is 1.17 bits per heavy atom. The predicted octanol–water partition coefficient (Wildman–Crippen LogP) is 1.61. The molecule has 1 unspecified atom stereocenters. The predicted molar refractivity (Wildman–Crippen MR) is 88.6 cm³/mol. The number of fused-ring (bicyclic) bond motifs is 1. The standard InChI is InChI=1S/C17H17N3O2S/c18-17(22)15-9-12-3-1-2-4-13(12)10-20(15)16(21)11-23-14-5-7-19-8-6-14/h1-8,15H,9-11H2,(H2,18,22). The first kappa shape index (κ1) is 15.6. The first-order valence-electron chi connectivity index (χ1n) is 7.33. The van der Waals surface area contributed by atoms with E-state index >= 15 is 0 Å². The van der Waals surface area contributed by atoms with Crippen LogP contribution in [0.4, 0.5) is 0 Å². The van der Waals surface area contributed by atoms with Crippen LogP contribution in [0.15, 0.2) is 53.7 Å². The van der Waals surface area contributed by atoms with Crippen LogP contribution in [0.1, 0.15) is 11.1 Å². The molecule has 1 aliphatic rings. The number of benzene rings is 1. The van der Waals surface area contributed by atoms with Crippen molar-refractivity contribution in [1.29, 1.82) is 0 Å². The third kappa shape index (κ3) is 3.53. The Balaban J connectivity index is 1.74. The van der Waals surface area contributed by atoms with Crippen LogP contribution in [0.25, 0.3) is 0 Å². The van der Waals surface area contributed by atoms with E-state index in [4.69, 9.17) is 5.73 Å². The molecule has 6 heteroatoms. The number of nitrogens with zero attached hydrogens (tertiary/aromatic N) is 2. The van der Waals surface area contributed by atoms with Crippen LogP contribution in [0.5, 0.6) is 0 Å². The monoisotopic (exact) mass is 327 g/mol. The Bertz CT molecular complexity index is 721. The van der Waals surface area contributed by atoms with Gasteiger partial charge in [-0.15, -0.1) is 11.8 Å². The highest BCUT2D eigenvalue weighted by atomic mass is 32.2. The molecule has 2 heterocycles. The highest BCUT2D eigenvalue weighted by molar-refractivity contribution is 8.00. The Labute approximate surface area is 138 Å². The molecule has 1 atom stereocenters. The number of aromatic nitrogens is 1. The average molecular weight is 327 g/mol. The zero-order valence-electron chi connectivity index (χ0n) is 12.5. The number of nitrogens with two attached hydrogens (primary N) is 1. The van der Waals surface area contributed by atoms with Crippen molar-refractivity contribution < 1.29 is 9.59 Å². The third-order valence-electron chi connectivity index (χ3n) is 3.91. The van der Waals surface area contributed by atoms with Crippen LogP contribution in [-0.2, 0) is 22.6 Å². The Morgan fingerprint density at radius 3 is 2.57 bits per heavy atom. The van der Waals surface area contributed by atoms with Gasteiger partial charge < -0.3 is 10.6 Å². The average Bonchev–Trinajstić information content (AvgIpc) is 2.59. The molecule has 23 heavy (non-hydrogen) atoms. The molecule has 1 aromatic heterocycles. The second kappa shape index (κ2) is 6.83. The normalized spacial score (nSPS) is 16.7. The van der Waals surface area contributed by atoms with Gasteiger partial charge in [-0.3, -0.25) is 14.6 Å². The van der Waals surface area contributed by atoms with Gasteiger partial charge in [0.25, 0.3) is 0 Å². The zero-order chi connectivity index (χ0) is 16.2. The lowest BCUT2D eigenvalue weighted by Crippen LogP contribution is -2.51. The summed E-state index contributed by atoms with van der Waals surface area (Å²) in [6.45, 7) is 0.430. The van der Waals surface area contributed by atoms with Crippen molar-refractivity contribution in [3.63, 3.8) is 0 Å². The lowest BCUT2D eigenvalue weighted by Gasteiger charge is -2.35. The maximum Gasteiger partial charge on any atom is 0.240 e. The van der Waals surface area contributed by atoms with Gasteiger partial charge in [-0.05, 0) is 23.3 Å². The molecule has 118 valence electrons. The van der Waals surface area contributed by atoms with E-state index in [1.165, 1.54) is 11.8 Å². The molecule has 2 N–H and O–H groups in total. The Morgan fingerprint density at radius 2 is 1.87 bits per heavy atom. The number of carbonyl (C=O) groups is 2. The summed E-state index contributed by atoms with van der Waals surface area (Å²) in [4.78, 5) is 30.9. The molecule has 0 saturated carbocycles. The summed E-state index contributed by atoms with van der Waals surface area (Å²) in [5, 5.41) is 0. The number of pyridine rings is 1. The fraction of sp³-hybridized carbons (Fsp3) is 0.235. The van der Waals surface area contributed by atoms with E-state index in [0.29, 0.717) is 13.0 Å². The van der Waals surface area contributed by atoms with E-state index in [2.05, 4.69) is 4.98 Å². The molecule has 3 rings (SSSR count). The minimum Gasteiger partial charge on any atom is -0.368 e. The van der Waals surface area contributed by atoms with Crippen LogP contribution in [0.2, 0.25) is 0 Å². The van der Waals surface area contributed by atoms with Gasteiger partial charge in [0, 0.05) is 30.3 Å². The van der Waals surface area contributed by atoms with Crippen molar-refractivity contribution in [2.45, 2.75) is 23.9 Å². The molecule has 5 nitrogen and oxygen atoms in total. The highest BCUT2D eigenvalue weighted by Gasteiger charge is 2.32. The third-order valence-corrected chi connectivity index (χ3v) is 4.91. The number of hydrogen-bond acceptors (Lipinski definition) is 4. The van der Waals surface area contributed by atoms with E-state index in [-0.39, 0.29) is 11.7 Å². The van der Waals surface area contributed by atoms with Crippen molar-refractivity contribution in [2.24, 2.45) is 5.73 Å². The van der Waals surface area contributed by atoms with Gasteiger partial charge in [0.15, 0.2) is 0 Å².